The van der Waals surface area contributed by atoms with Crippen LogP contribution in [0.25, 0.3) is 22.3 Å². The number of phenolic OH excluding ortho intramolecular Hbond substituents is 2. The molecule has 33 heavy (non-hydrogen) atoms. The lowest BCUT2D eigenvalue weighted by Gasteiger charge is -2.21. The Balaban J connectivity index is 2.28. The minimum atomic E-state index is -0.498. The number of aryl methyl sites for hydroxylation is 1. The highest BCUT2D eigenvalue weighted by atomic mass is 16.5. The molecule has 0 aliphatic carbocycles. The number of hydrogen-bond donors (Lipinski definition) is 2. The molecule has 0 spiro atoms. The minimum Gasteiger partial charge on any atom is -0.507 e. The van der Waals surface area contributed by atoms with Gasteiger partial charge in [-0.1, -0.05) is 5.57 Å². The second-order valence-electron chi connectivity index (χ2n) is 8.50. The fourth-order valence-electron chi connectivity index (χ4n) is 3.37. The zero-order chi connectivity index (χ0) is 24.3. The molecule has 2 N–H and O–H groups in total. The molecule has 0 aliphatic heterocycles. The molecule has 0 saturated carbocycles. The SMILES string of the molecule is C=C(C)CCc1c(O)cc(O)c2c(=O)c(OCC(C)N(C)C)c(-c3ccc(OC)cc3)oc12. The number of hydrogen-bond acceptors (Lipinski definition) is 7. The van der Waals surface area contributed by atoms with Gasteiger partial charge in [0, 0.05) is 23.2 Å². The maximum absolute atomic E-state index is 13.6. The first-order chi connectivity index (χ1) is 15.6. The van der Waals surface area contributed by atoms with Crippen molar-refractivity contribution in [3.05, 3.63) is 58.3 Å². The number of rotatable bonds is 9. The predicted octanol–water partition coefficient (Wildman–Crippen LogP) is 4.72. The third kappa shape index (κ3) is 5.14. The van der Waals surface area contributed by atoms with Crippen LogP contribution in [-0.2, 0) is 6.42 Å². The van der Waals surface area contributed by atoms with Gasteiger partial charge in [0.2, 0.25) is 11.2 Å². The van der Waals surface area contributed by atoms with Crippen LogP contribution < -0.4 is 14.9 Å². The van der Waals surface area contributed by atoms with Gasteiger partial charge in [0.05, 0.1) is 7.11 Å². The number of nitrogens with zero attached hydrogens (tertiary/aromatic N) is 1. The van der Waals surface area contributed by atoms with Crippen molar-refractivity contribution >= 4 is 11.0 Å². The highest BCUT2D eigenvalue weighted by Crippen LogP contribution is 2.39. The predicted molar refractivity (Wildman–Crippen MR) is 130 cm³/mol. The lowest BCUT2D eigenvalue weighted by molar-refractivity contribution is 0.195. The van der Waals surface area contributed by atoms with Crippen molar-refractivity contribution in [2.45, 2.75) is 32.7 Å². The summed E-state index contributed by atoms with van der Waals surface area (Å²) in [5.41, 5.74) is 1.60. The summed E-state index contributed by atoms with van der Waals surface area (Å²) in [5, 5.41) is 21.0. The molecule has 3 aromatic rings. The van der Waals surface area contributed by atoms with Gasteiger partial charge in [0.15, 0.2) is 5.76 Å². The van der Waals surface area contributed by atoms with E-state index in [4.69, 9.17) is 13.9 Å². The molecule has 3 rings (SSSR count). The Hall–Kier alpha value is -3.45. The second-order valence-corrected chi connectivity index (χ2v) is 8.50. The quantitative estimate of drug-likeness (QED) is 0.453. The summed E-state index contributed by atoms with van der Waals surface area (Å²) in [6.07, 6.45) is 0.994. The number of fused-ring (bicyclic) bond motifs is 1. The lowest BCUT2D eigenvalue weighted by Crippen LogP contribution is -2.31. The van der Waals surface area contributed by atoms with Crippen LogP contribution >= 0.6 is 0 Å². The molecule has 0 bridgehead atoms. The Bertz CT molecular complexity index is 1210. The summed E-state index contributed by atoms with van der Waals surface area (Å²) in [7, 11) is 5.41. The van der Waals surface area contributed by atoms with E-state index in [1.54, 1.807) is 31.4 Å². The molecule has 1 atom stereocenters. The summed E-state index contributed by atoms with van der Waals surface area (Å²) in [6.45, 7) is 8.01. The van der Waals surface area contributed by atoms with Crippen LogP contribution in [0.3, 0.4) is 0 Å². The van der Waals surface area contributed by atoms with E-state index < -0.39 is 5.43 Å². The maximum atomic E-state index is 13.6. The Labute approximate surface area is 193 Å². The molecule has 176 valence electrons. The fourth-order valence-corrected chi connectivity index (χ4v) is 3.37. The second kappa shape index (κ2) is 10.0. The van der Waals surface area contributed by atoms with E-state index in [2.05, 4.69) is 6.58 Å². The first kappa shape index (κ1) is 24.2. The van der Waals surface area contributed by atoms with E-state index in [0.29, 0.717) is 29.7 Å². The zero-order valence-corrected chi connectivity index (χ0v) is 19.8. The summed E-state index contributed by atoms with van der Waals surface area (Å²) in [5.74, 6) is 0.390. The molecule has 7 heteroatoms. The van der Waals surface area contributed by atoms with E-state index in [1.807, 2.05) is 32.8 Å². The van der Waals surface area contributed by atoms with Crippen molar-refractivity contribution < 1.29 is 24.1 Å². The van der Waals surface area contributed by atoms with Crippen molar-refractivity contribution in [2.24, 2.45) is 0 Å². The van der Waals surface area contributed by atoms with E-state index in [0.717, 1.165) is 5.57 Å². The highest BCUT2D eigenvalue weighted by Gasteiger charge is 2.24. The largest absolute Gasteiger partial charge is 0.507 e. The molecule has 2 aromatic carbocycles. The normalized spacial score (nSPS) is 12.2. The summed E-state index contributed by atoms with van der Waals surface area (Å²) < 4.78 is 17.4. The van der Waals surface area contributed by atoms with Crippen molar-refractivity contribution in [3.63, 3.8) is 0 Å². The van der Waals surface area contributed by atoms with Crippen LogP contribution in [0.1, 0.15) is 25.8 Å². The van der Waals surface area contributed by atoms with Gasteiger partial charge < -0.3 is 29.0 Å². The summed E-state index contributed by atoms with van der Waals surface area (Å²) in [6, 6.07) is 8.25. The monoisotopic (exact) mass is 453 g/mol. The van der Waals surface area contributed by atoms with Gasteiger partial charge in [-0.25, -0.2) is 0 Å². The van der Waals surface area contributed by atoms with Gasteiger partial charge in [-0.2, -0.15) is 0 Å². The number of aromatic hydroxyl groups is 2. The summed E-state index contributed by atoms with van der Waals surface area (Å²) in [4.78, 5) is 15.5. The third-order valence-electron chi connectivity index (χ3n) is 5.69. The van der Waals surface area contributed by atoms with Crippen LogP contribution in [0.2, 0.25) is 0 Å². The number of allylic oxidation sites excluding steroid dienone is 1. The van der Waals surface area contributed by atoms with Crippen molar-refractivity contribution in [1.82, 2.24) is 4.90 Å². The fraction of sp³-hybridized carbons (Fsp3) is 0.346. The molecular weight excluding hydrogens is 422 g/mol. The minimum absolute atomic E-state index is 0.00760. The molecule has 1 aromatic heterocycles. The Kier molecular flexibility index (Phi) is 7.33. The van der Waals surface area contributed by atoms with Gasteiger partial charge in [-0.3, -0.25) is 4.79 Å². The van der Waals surface area contributed by atoms with Crippen molar-refractivity contribution in [1.29, 1.82) is 0 Å². The number of methoxy groups -OCH3 is 1. The molecule has 0 saturated heterocycles. The topological polar surface area (TPSA) is 92.4 Å². The van der Waals surface area contributed by atoms with E-state index in [9.17, 15) is 15.0 Å². The first-order valence-corrected chi connectivity index (χ1v) is 10.8. The average molecular weight is 454 g/mol. The maximum Gasteiger partial charge on any atom is 0.239 e. The van der Waals surface area contributed by atoms with E-state index in [-0.39, 0.29) is 46.6 Å². The van der Waals surface area contributed by atoms with Gasteiger partial charge in [-0.05, 0) is 65.0 Å². The molecule has 0 fully saturated rings. The van der Waals surface area contributed by atoms with Gasteiger partial charge >= 0.3 is 0 Å². The van der Waals surface area contributed by atoms with Gasteiger partial charge in [0.25, 0.3) is 0 Å². The summed E-state index contributed by atoms with van der Waals surface area (Å²) >= 11 is 0. The molecule has 7 nitrogen and oxygen atoms in total. The van der Waals surface area contributed by atoms with Gasteiger partial charge in [0.1, 0.15) is 34.8 Å². The lowest BCUT2D eigenvalue weighted by atomic mass is 10.0. The van der Waals surface area contributed by atoms with Crippen LogP contribution in [-0.4, -0.2) is 49.0 Å². The molecule has 0 aliphatic rings. The van der Waals surface area contributed by atoms with Crippen molar-refractivity contribution in [3.8, 4) is 34.3 Å². The Morgan fingerprint density at radius 1 is 1.18 bits per heavy atom. The standard InChI is InChI=1S/C26H31NO6/c1-15(2)7-12-19-20(28)13-21(29)22-23(30)26(32-14-16(3)27(4)5)24(33-25(19)22)17-8-10-18(31-6)11-9-17/h8-11,13,16,28-29H,1,7,12,14H2,2-6H3. The smallest absolute Gasteiger partial charge is 0.239 e. The van der Waals surface area contributed by atoms with E-state index >= 15 is 0 Å². The average Bonchev–Trinajstić information content (AvgIpc) is 2.77. The number of ether oxygens (including phenoxy) is 2. The Morgan fingerprint density at radius 2 is 1.85 bits per heavy atom. The van der Waals surface area contributed by atoms with Crippen LogP contribution in [0.5, 0.6) is 23.0 Å². The molecular formula is C26H31NO6. The van der Waals surface area contributed by atoms with Crippen LogP contribution in [0, 0.1) is 0 Å². The number of likely N-dealkylation sites (N-methyl/N-ethyl adjacent to an activating group) is 1. The van der Waals surface area contributed by atoms with Crippen molar-refractivity contribution in [2.75, 3.05) is 27.8 Å². The third-order valence-corrected chi connectivity index (χ3v) is 5.69. The van der Waals surface area contributed by atoms with Crippen LogP contribution in [0.15, 0.2) is 51.7 Å². The first-order valence-electron chi connectivity index (χ1n) is 10.8. The molecule has 0 amide bonds. The number of benzene rings is 2. The number of phenols is 2. The highest BCUT2D eigenvalue weighted by molar-refractivity contribution is 5.91. The van der Waals surface area contributed by atoms with Gasteiger partial charge in [-0.15, -0.1) is 6.58 Å². The molecule has 1 unspecified atom stereocenters. The molecule has 0 radical (unpaired) electrons. The zero-order valence-electron chi connectivity index (χ0n) is 19.8. The van der Waals surface area contributed by atoms with E-state index in [1.165, 1.54) is 6.07 Å². The van der Waals surface area contributed by atoms with Crippen LogP contribution in [0.4, 0.5) is 0 Å². The Morgan fingerprint density at radius 3 is 2.42 bits per heavy atom. The molecule has 1 heterocycles.